The highest BCUT2D eigenvalue weighted by Gasteiger charge is 2.28. The van der Waals surface area contributed by atoms with Crippen LogP contribution in [0.1, 0.15) is 25.0 Å². The molecular formula is C26H26FN3O4S. The van der Waals surface area contributed by atoms with Crippen LogP contribution in [0.2, 0.25) is 0 Å². The Morgan fingerprint density at radius 3 is 2.43 bits per heavy atom. The Bertz CT molecular complexity index is 1350. The fourth-order valence-electron chi connectivity index (χ4n) is 3.96. The Balaban J connectivity index is 1.60. The van der Waals surface area contributed by atoms with Crippen molar-refractivity contribution in [3.8, 4) is 5.75 Å². The number of benzene rings is 3. The van der Waals surface area contributed by atoms with E-state index in [9.17, 15) is 17.6 Å². The number of aliphatic imine (C=N–C) groups is 1. The first-order chi connectivity index (χ1) is 16.8. The highest BCUT2D eigenvalue weighted by Crippen LogP contribution is 2.30. The summed E-state index contributed by atoms with van der Waals surface area (Å²) in [5.41, 5.74) is 2.51. The molecule has 3 aromatic rings. The van der Waals surface area contributed by atoms with Crippen LogP contribution in [0.3, 0.4) is 0 Å². The summed E-state index contributed by atoms with van der Waals surface area (Å²) in [6.45, 7) is 4.51. The van der Waals surface area contributed by atoms with E-state index in [2.05, 4.69) is 4.99 Å². The lowest BCUT2D eigenvalue weighted by molar-refractivity contribution is -0.119. The topological polar surface area (TPSA) is 79.3 Å². The first-order valence-electron chi connectivity index (χ1n) is 11.3. The second kappa shape index (κ2) is 10.4. The average molecular weight is 496 g/mol. The van der Waals surface area contributed by atoms with Crippen LogP contribution in [0.4, 0.5) is 10.1 Å². The number of fused-ring (bicyclic) bond motifs is 1. The monoisotopic (exact) mass is 495 g/mol. The predicted molar refractivity (Wildman–Crippen MR) is 133 cm³/mol. The zero-order chi connectivity index (χ0) is 25.0. The van der Waals surface area contributed by atoms with Gasteiger partial charge in [-0.15, -0.1) is 0 Å². The summed E-state index contributed by atoms with van der Waals surface area (Å²) in [6.07, 6.45) is 0. The SMILES string of the molecule is CCN(CC)S(=O)(=O)c1ccc(N2Cc3ccccc3C2=NC(=O)COc2cccc(F)c2)cc1. The van der Waals surface area contributed by atoms with Gasteiger partial charge in [0.2, 0.25) is 10.0 Å². The van der Waals surface area contributed by atoms with Gasteiger partial charge < -0.3 is 9.64 Å². The van der Waals surface area contributed by atoms with Crippen LogP contribution in [0.25, 0.3) is 0 Å². The molecule has 4 rings (SSSR count). The zero-order valence-corrected chi connectivity index (χ0v) is 20.3. The summed E-state index contributed by atoms with van der Waals surface area (Å²) in [7, 11) is -3.58. The molecule has 9 heteroatoms. The normalized spacial score (nSPS) is 14.4. The van der Waals surface area contributed by atoms with Gasteiger partial charge in [0.05, 0.1) is 11.4 Å². The quantitative estimate of drug-likeness (QED) is 0.467. The lowest BCUT2D eigenvalue weighted by Gasteiger charge is -2.21. The summed E-state index contributed by atoms with van der Waals surface area (Å²) in [4.78, 5) is 19.0. The minimum atomic E-state index is -3.58. The van der Waals surface area contributed by atoms with Crippen LogP contribution in [0.5, 0.6) is 5.75 Å². The van der Waals surface area contributed by atoms with Crippen LogP contribution in [0.15, 0.2) is 82.7 Å². The average Bonchev–Trinajstić information content (AvgIpc) is 3.22. The Labute approximate surface area is 204 Å². The van der Waals surface area contributed by atoms with Gasteiger partial charge in [-0.05, 0) is 42.0 Å². The summed E-state index contributed by atoms with van der Waals surface area (Å²) in [6, 6.07) is 19.7. The maximum Gasteiger partial charge on any atom is 0.285 e. The predicted octanol–water partition coefficient (Wildman–Crippen LogP) is 4.23. The number of carbonyl (C=O) groups is 1. The molecule has 0 unspecified atom stereocenters. The maximum atomic E-state index is 13.4. The number of sulfonamides is 1. The summed E-state index contributed by atoms with van der Waals surface area (Å²) >= 11 is 0. The van der Waals surface area contributed by atoms with Gasteiger partial charge in [-0.2, -0.15) is 9.30 Å². The molecule has 1 heterocycles. The molecule has 0 aromatic heterocycles. The van der Waals surface area contributed by atoms with Crippen molar-refractivity contribution in [2.45, 2.75) is 25.3 Å². The minimum Gasteiger partial charge on any atom is -0.484 e. The summed E-state index contributed by atoms with van der Waals surface area (Å²) < 4.78 is 45.8. The van der Waals surface area contributed by atoms with Crippen molar-refractivity contribution in [1.29, 1.82) is 0 Å². The Morgan fingerprint density at radius 2 is 1.74 bits per heavy atom. The van der Waals surface area contributed by atoms with Gasteiger partial charge in [0.25, 0.3) is 5.91 Å². The number of carbonyl (C=O) groups excluding carboxylic acids is 1. The molecule has 0 aliphatic carbocycles. The molecule has 1 aliphatic heterocycles. The lowest BCUT2D eigenvalue weighted by atomic mass is 10.1. The van der Waals surface area contributed by atoms with Crippen molar-refractivity contribution < 1.29 is 22.3 Å². The van der Waals surface area contributed by atoms with Crippen LogP contribution in [-0.4, -0.2) is 44.2 Å². The van der Waals surface area contributed by atoms with Crippen molar-refractivity contribution in [1.82, 2.24) is 4.31 Å². The van der Waals surface area contributed by atoms with Crippen molar-refractivity contribution >= 4 is 27.5 Å². The van der Waals surface area contributed by atoms with Gasteiger partial charge >= 0.3 is 0 Å². The number of anilines is 1. The van der Waals surface area contributed by atoms with Crippen molar-refractivity contribution in [3.05, 3.63) is 89.7 Å². The van der Waals surface area contributed by atoms with Crippen molar-refractivity contribution in [2.75, 3.05) is 24.6 Å². The van der Waals surface area contributed by atoms with E-state index in [1.807, 2.05) is 29.2 Å². The van der Waals surface area contributed by atoms with E-state index in [-0.39, 0.29) is 17.3 Å². The molecule has 0 N–H and O–H groups in total. The first kappa shape index (κ1) is 24.6. The molecule has 0 saturated carbocycles. The van der Waals surface area contributed by atoms with Gasteiger partial charge in [-0.1, -0.05) is 44.2 Å². The third kappa shape index (κ3) is 5.26. The first-order valence-corrected chi connectivity index (χ1v) is 12.7. The molecule has 0 atom stereocenters. The minimum absolute atomic E-state index is 0.208. The third-order valence-corrected chi connectivity index (χ3v) is 7.79. The Hall–Kier alpha value is -3.56. The molecule has 0 spiro atoms. The van der Waals surface area contributed by atoms with E-state index < -0.39 is 21.7 Å². The van der Waals surface area contributed by atoms with Crippen LogP contribution in [0, 0.1) is 5.82 Å². The van der Waals surface area contributed by atoms with Crippen molar-refractivity contribution in [3.63, 3.8) is 0 Å². The van der Waals surface area contributed by atoms with Crippen LogP contribution < -0.4 is 9.64 Å². The summed E-state index contributed by atoms with van der Waals surface area (Å²) in [5.74, 6) is -0.282. The molecule has 0 radical (unpaired) electrons. The maximum absolute atomic E-state index is 13.4. The van der Waals surface area contributed by atoms with Crippen molar-refractivity contribution in [2.24, 2.45) is 4.99 Å². The zero-order valence-electron chi connectivity index (χ0n) is 19.5. The molecule has 0 saturated heterocycles. The number of nitrogens with zero attached hydrogens (tertiary/aromatic N) is 3. The van der Waals surface area contributed by atoms with E-state index >= 15 is 0 Å². The highest BCUT2D eigenvalue weighted by atomic mass is 32.2. The molecule has 182 valence electrons. The fraction of sp³-hybridized carbons (Fsp3) is 0.231. The van der Waals surface area contributed by atoms with Gasteiger partial charge in [-0.3, -0.25) is 4.79 Å². The molecule has 3 aromatic carbocycles. The number of rotatable bonds is 8. The number of hydrogen-bond donors (Lipinski definition) is 0. The van der Waals surface area contributed by atoms with Gasteiger partial charge in [0.1, 0.15) is 17.4 Å². The fourth-order valence-corrected chi connectivity index (χ4v) is 5.42. The molecule has 7 nitrogen and oxygen atoms in total. The van der Waals surface area contributed by atoms with E-state index in [0.717, 1.165) is 11.1 Å². The van der Waals surface area contributed by atoms with E-state index in [1.165, 1.54) is 22.5 Å². The molecule has 35 heavy (non-hydrogen) atoms. The van der Waals surface area contributed by atoms with Gasteiger partial charge in [0, 0.05) is 30.4 Å². The molecular weight excluding hydrogens is 469 g/mol. The molecule has 0 bridgehead atoms. The Morgan fingerprint density at radius 1 is 1.03 bits per heavy atom. The third-order valence-electron chi connectivity index (χ3n) is 5.72. The molecule has 0 fully saturated rings. The second-order valence-corrected chi connectivity index (χ2v) is 9.84. The van der Waals surface area contributed by atoms with Crippen LogP contribution >= 0.6 is 0 Å². The van der Waals surface area contributed by atoms with Gasteiger partial charge in [0.15, 0.2) is 6.61 Å². The smallest absolute Gasteiger partial charge is 0.285 e. The summed E-state index contributed by atoms with van der Waals surface area (Å²) in [5, 5.41) is 0. The number of hydrogen-bond acceptors (Lipinski definition) is 4. The number of halogens is 1. The largest absolute Gasteiger partial charge is 0.484 e. The standard InChI is InChI=1S/C26H26FN3O4S/c1-3-29(4-2)35(32,33)23-14-12-21(13-15-23)30-17-19-8-5-6-11-24(19)26(30)28-25(31)18-34-22-10-7-9-20(27)16-22/h5-16H,3-4,17-18H2,1-2H3. The van der Waals surface area contributed by atoms with E-state index in [0.29, 0.717) is 31.2 Å². The Kier molecular flexibility index (Phi) is 7.28. The van der Waals surface area contributed by atoms with Crippen LogP contribution in [-0.2, 0) is 21.4 Å². The second-order valence-electron chi connectivity index (χ2n) is 7.90. The highest BCUT2D eigenvalue weighted by molar-refractivity contribution is 7.89. The lowest BCUT2D eigenvalue weighted by Crippen LogP contribution is -2.30. The number of amides is 1. The van der Waals surface area contributed by atoms with E-state index in [1.54, 1.807) is 44.2 Å². The van der Waals surface area contributed by atoms with Gasteiger partial charge in [-0.25, -0.2) is 12.8 Å². The number of amidine groups is 1. The molecule has 1 amide bonds. The van der Waals surface area contributed by atoms with E-state index in [4.69, 9.17) is 4.74 Å². The molecule has 1 aliphatic rings. The number of ether oxygens (including phenoxy) is 1.